The van der Waals surface area contributed by atoms with Gasteiger partial charge < -0.3 is 15.0 Å². The molecule has 1 N–H and O–H groups in total. The zero-order valence-corrected chi connectivity index (χ0v) is 14.8. The van der Waals surface area contributed by atoms with Crippen LogP contribution in [0.3, 0.4) is 0 Å². The Morgan fingerprint density at radius 3 is 2.62 bits per heavy atom. The number of nitro groups is 1. The second-order valence-corrected chi connectivity index (χ2v) is 5.62. The maximum Gasteiger partial charge on any atom is 0.310 e. The maximum absolute atomic E-state index is 12.9. The first-order valence-electron chi connectivity index (χ1n) is 7.92. The minimum absolute atomic E-state index is 0. The standard InChI is InChI=1S/C16H23N3O4.ClH/c1-3-10-18(13-6-8-17-9-7-13)16(20)12-4-5-14(19(21)22)15(11-12)23-2;/h4-5,11,13,17H,3,6-10H2,1-2H3;1H. The molecule has 1 fully saturated rings. The number of halogens is 1. The van der Waals surface area contributed by atoms with E-state index in [1.54, 1.807) is 0 Å². The molecule has 0 aliphatic carbocycles. The smallest absolute Gasteiger partial charge is 0.310 e. The van der Waals surface area contributed by atoms with E-state index in [2.05, 4.69) is 5.32 Å². The van der Waals surface area contributed by atoms with Crippen molar-refractivity contribution < 1.29 is 14.5 Å². The Bertz CT molecular complexity index is 576. The Hall–Kier alpha value is -1.86. The number of methoxy groups -OCH3 is 1. The Balaban J connectivity index is 0.00000288. The fraction of sp³-hybridized carbons (Fsp3) is 0.562. The van der Waals surface area contributed by atoms with Crippen molar-refractivity contribution in [3.8, 4) is 5.75 Å². The predicted molar refractivity (Wildman–Crippen MR) is 94.1 cm³/mol. The highest BCUT2D eigenvalue weighted by Gasteiger charge is 2.27. The lowest BCUT2D eigenvalue weighted by molar-refractivity contribution is -0.385. The molecule has 1 aromatic rings. The number of hydrogen-bond acceptors (Lipinski definition) is 5. The van der Waals surface area contributed by atoms with E-state index in [1.807, 2.05) is 11.8 Å². The van der Waals surface area contributed by atoms with Gasteiger partial charge in [-0.1, -0.05) is 6.92 Å². The minimum Gasteiger partial charge on any atom is -0.490 e. The molecule has 1 aromatic carbocycles. The molecule has 0 bridgehead atoms. The van der Waals surface area contributed by atoms with Crippen LogP contribution >= 0.6 is 12.4 Å². The number of nitrogens with zero attached hydrogens (tertiary/aromatic N) is 2. The summed E-state index contributed by atoms with van der Waals surface area (Å²) in [4.78, 5) is 25.2. The van der Waals surface area contributed by atoms with Crippen molar-refractivity contribution in [2.24, 2.45) is 0 Å². The van der Waals surface area contributed by atoms with Crippen LogP contribution in [0.25, 0.3) is 0 Å². The SMILES string of the molecule is CCCN(C(=O)c1ccc([N+](=O)[O-])c(OC)c1)C1CCNCC1.Cl. The Morgan fingerprint density at radius 1 is 1.42 bits per heavy atom. The highest BCUT2D eigenvalue weighted by atomic mass is 35.5. The molecule has 134 valence electrons. The van der Waals surface area contributed by atoms with E-state index in [0.717, 1.165) is 32.4 Å². The average Bonchev–Trinajstić information content (AvgIpc) is 2.59. The molecule has 2 rings (SSSR count). The molecule has 0 unspecified atom stereocenters. The number of piperidine rings is 1. The Kier molecular flexibility index (Phi) is 7.94. The second kappa shape index (κ2) is 9.44. The summed E-state index contributed by atoms with van der Waals surface area (Å²) in [5.74, 6) is 0.0227. The molecule has 0 spiro atoms. The highest BCUT2D eigenvalue weighted by Crippen LogP contribution is 2.28. The fourth-order valence-electron chi connectivity index (χ4n) is 2.94. The predicted octanol–water partition coefficient (Wildman–Crippen LogP) is 2.63. The summed E-state index contributed by atoms with van der Waals surface area (Å²) >= 11 is 0. The van der Waals surface area contributed by atoms with Gasteiger partial charge in [-0.05, 0) is 38.4 Å². The molecule has 1 amide bonds. The van der Waals surface area contributed by atoms with Crippen LogP contribution < -0.4 is 10.1 Å². The summed E-state index contributed by atoms with van der Waals surface area (Å²) in [6.07, 6.45) is 2.73. The molecular formula is C16H24ClN3O4. The first-order valence-corrected chi connectivity index (χ1v) is 7.92. The zero-order chi connectivity index (χ0) is 16.8. The summed E-state index contributed by atoms with van der Waals surface area (Å²) in [7, 11) is 1.37. The average molecular weight is 358 g/mol. The quantitative estimate of drug-likeness (QED) is 0.625. The number of amides is 1. The lowest BCUT2D eigenvalue weighted by Crippen LogP contribution is -2.46. The van der Waals surface area contributed by atoms with Crippen LogP contribution in [-0.4, -0.2) is 48.5 Å². The minimum atomic E-state index is -0.510. The van der Waals surface area contributed by atoms with Crippen LogP contribution in [0, 0.1) is 10.1 Å². The summed E-state index contributed by atoms with van der Waals surface area (Å²) in [5.41, 5.74) is 0.299. The van der Waals surface area contributed by atoms with Crippen LogP contribution in [0.5, 0.6) is 5.75 Å². The molecule has 0 atom stereocenters. The number of nitrogens with one attached hydrogen (secondary N) is 1. The zero-order valence-electron chi connectivity index (χ0n) is 14.0. The van der Waals surface area contributed by atoms with Crippen LogP contribution in [0.2, 0.25) is 0 Å². The van der Waals surface area contributed by atoms with E-state index < -0.39 is 4.92 Å². The van der Waals surface area contributed by atoms with E-state index in [9.17, 15) is 14.9 Å². The van der Waals surface area contributed by atoms with E-state index in [4.69, 9.17) is 4.74 Å². The van der Waals surface area contributed by atoms with Gasteiger partial charge >= 0.3 is 5.69 Å². The molecule has 8 heteroatoms. The van der Waals surface area contributed by atoms with Gasteiger partial charge in [-0.3, -0.25) is 14.9 Å². The maximum atomic E-state index is 12.9. The van der Waals surface area contributed by atoms with Crippen molar-refractivity contribution in [3.05, 3.63) is 33.9 Å². The van der Waals surface area contributed by atoms with E-state index in [1.165, 1.54) is 25.3 Å². The molecule has 1 saturated heterocycles. The molecule has 1 aliphatic heterocycles. The van der Waals surface area contributed by atoms with E-state index >= 15 is 0 Å². The van der Waals surface area contributed by atoms with Gasteiger partial charge in [-0.2, -0.15) is 0 Å². The topological polar surface area (TPSA) is 84.7 Å². The summed E-state index contributed by atoms with van der Waals surface area (Å²) in [6.45, 7) is 4.53. The molecule has 0 saturated carbocycles. The van der Waals surface area contributed by atoms with Gasteiger partial charge in [0.2, 0.25) is 0 Å². The van der Waals surface area contributed by atoms with Crippen molar-refractivity contribution >= 4 is 24.0 Å². The number of benzene rings is 1. The molecule has 0 aromatic heterocycles. The number of carbonyl (C=O) groups excluding carboxylic acids is 1. The van der Waals surface area contributed by atoms with Crippen LogP contribution in [0.15, 0.2) is 18.2 Å². The normalized spacial score (nSPS) is 14.6. The number of hydrogen-bond donors (Lipinski definition) is 1. The van der Waals surface area contributed by atoms with Crippen molar-refractivity contribution in [2.45, 2.75) is 32.2 Å². The van der Waals surface area contributed by atoms with Crippen LogP contribution in [0.1, 0.15) is 36.5 Å². The van der Waals surface area contributed by atoms with E-state index in [-0.39, 0.29) is 35.8 Å². The third-order valence-electron chi connectivity index (χ3n) is 4.10. The van der Waals surface area contributed by atoms with Gasteiger partial charge in [0.05, 0.1) is 12.0 Å². The summed E-state index contributed by atoms with van der Waals surface area (Å²) in [5, 5.41) is 14.3. The number of carbonyl (C=O) groups is 1. The van der Waals surface area contributed by atoms with Gasteiger partial charge in [0.1, 0.15) is 0 Å². The third kappa shape index (κ3) is 4.58. The van der Waals surface area contributed by atoms with Crippen molar-refractivity contribution in [3.63, 3.8) is 0 Å². The van der Waals surface area contributed by atoms with Crippen LogP contribution in [0.4, 0.5) is 5.69 Å². The third-order valence-corrected chi connectivity index (χ3v) is 4.10. The number of ether oxygens (including phenoxy) is 1. The molecule has 1 heterocycles. The molecule has 24 heavy (non-hydrogen) atoms. The Morgan fingerprint density at radius 2 is 2.08 bits per heavy atom. The largest absolute Gasteiger partial charge is 0.490 e. The number of rotatable bonds is 6. The van der Waals surface area contributed by atoms with Gasteiger partial charge in [0, 0.05) is 30.3 Å². The molecule has 1 aliphatic rings. The summed E-state index contributed by atoms with van der Waals surface area (Å²) in [6, 6.07) is 4.51. The van der Waals surface area contributed by atoms with Gasteiger partial charge in [0.25, 0.3) is 5.91 Å². The van der Waals surface area contributed by atoms with Crippen molar-refractivity contribution in [1.82, 2.24) is 10.2 Å². The van der Waals surface area contributed by atoms with Gasteiger partial charge in [0.15, 0.2) is 5.75 Å². The fourth-order valence-corrected chi connectivity index (χ4v) is 2.94. The lowest BCUT2D eigenvalue weighted by Gasteiger charge is -2.34. The lowest BCUT2D eigenvalue weighted by atomic mass is 10.0. The molecular weight excluding hydrogens is 334 g/mol. The van der Waals surface area contributed by atoms with Gasteiger partial charge in [-0.25, -0.2) is 0 Å². The first-order chi connectivity index (χ1) is 11.1. The molecule has 7 nitrogen and oxygen atoms in total. The summed E-state index contributed by atoms with van der Waals surface area (Å²) < 4.78 is 5.06. The number of nitro benzene ring substituents is 1. The molecule has 0 radical (unpaired) electrons. The monoisotopic (exact) mass is 357 g/mol. The second-order valence-electron chi connectivity index (χ2n) is 5.62. The van der Waals surface area contributed by atoms with Gasteiger partial charge in [-0.15, -0.1) is 12.4 Å². The van der Waals surface area contributed by atoms with E-state index in [0.29, 0.717) is 12.1 Å². The first kappa shape index (κ1) is 20.2. The van der Waals surface area contributed by atoms with Crippen LogP contribution in [-0.2, 0) is 0 Å². The van der Waals surface area contributed by atoms with Crippen molar-refractivity contribution in [1.29, 1.82) is 0 Å². The Labute approximate surface area is 147 Å². The highest BCUT2D eigenvalue weighted by molar-refractivity contribution is 5.95. The van der Waals surface area contributed by atoms with Crippen molar-refractivity contribution in [2.75, 3.05) is 26.7 Å².